The molecule has 30 heavy (non-hydrogen) atoms. The van der Waals surface area contributed by atoms with Gasteiger partial charge < -0.3 is 20.5 Å². The van der Waals surface area contributed by atoms with Crippen LogP contribution in [0.2, 0.25) is 0 Å². The Kier molecular flexibility index (Phi) is 6.39. The van der Waals surface area contributed by atoms with Crippen molar-refractivity contribution in [1.29, 1.82) is 0 Å². The number of nitrogens with one attached hydrogen (secondary N) is 1. The standard InChI is InChI=1S/C23H26FN5O/c24-22-14-17(7-9-21(22)18-4-2-1-3-5-18)6-8-20-15-19(28-30-20)16-27-23(25)29-12-10-26-11-13-29/h1-5,7,9,14-15,26H,6,8,10-13,16H2,(H2,25,27). The van der Waals surface area contributed by atoms with Gasteiger partial charge in [0.05, 0.1) is 6.54 Å². The van der Waals surface area contributed by atoms with E-state index < -0.39 is 0 Å². The van der Waals surface area contributed by atoms with Crippen molar-refractivity contribution in [2.45, 2.75) is 19.4 Å². The van der Waals surface area contributed by atoms with Crippen molar-refractivity contribution >= 4 is 5.96 Å². The monoisotopic (exact) mass is 407 g/mol. The van der Waals surface area contributed by atoms with Crippen molar-refractivity contribution in [3.63, 3.8) is 0 Å². The largest absolute Gasteiger partial charge is 0.370 e. The molecule has 3 N–H and O–H groups in total. The van der Waals surface area contributed by atoms with E-state index in [0.717, 1.165) is 48.8 Å². The van der Waals surface area contributed by atoms with Crippen LogP contribution in [0.1, 0.15) is 17.0 Å². The lowest BCUT2D eigenvalue weighted by atomic mass is 10.0. The van der Waals surface area contributed by atoms with Crippen molar-refractivity contribution in [3.8, 4) is 11.1 Å². The number of piperazine rings is 1. The molecular formula is C23H26FN5O. The fraction of sp³-hybridized carbons (Fsp3) is 0.304. The maximum Gasteiger partial charge on any atom is 0.191 e. The molecule has 3 aromatic rings. The highest BCUT2D eigenvalue weighted by Crippen LogP contribution is 2.24. The van der Waals surface area contributed by atoms with Crippen molar-refractivity contribution < 1.29 is 8.91 Å². The third-order valence-electron chi connectivity index (χ3n) is 5.23. The number of aromatic nitrogens is 1. The van der Waals surface area contributed by atoms with Gasteiger partial charge in [-0.15, -0.1) is 0 Å². The van der Waals surface area contributed by atoms with Crippen LogP contribution >= 0.6 is 0 Å². The molecule has 0 aliphatic carbocycles. The summed E-state index contributed by atoms with van der Waals surface area (Å²) in [5.74, 6) is 1.08. The van der Waals surface area contributed by atoms with Crippen LogP contribution in [0.3, 0.4) is 0 Å². The smallest absolute Gasteiger partial charge is 0.191 e. The second kappa shape index (κ2) is 9.54. The highest BCUT2D eigenvalue weighted by Gasteiger charge is 2.12. The number of nitrogens with two attached hydrogens (primary N) is 1. The van der Waals surface area contributed by atoms with Crippen LogP contribution in [-0.2, 0) is 19.4 Å². The maximum absolute atomic E-state index is 14.5. The summed E-state index contributed by atoms with van der Waals surface area (Å²) in [7, 11) is 0. The van der Waals surface area contributed by atoms with Gasteiger partial charge in [-0.2, -0.15) is 0 Å². The lowest BCUT2D eigenvalue weighted by molar-refractivity contribution is 0.352. The van der Waals surface area contributed by atoms with Gasteiger partial charge in [0.1, 0.15) is 17.3 Å². The van der Waals surface area contributed by atoms with E-state index >= 15 is 0 Å². The molecule has 1 aliphatic heterocycles. The van der Waals surface area contributed by atoms with E-state index in [-0.39, 0.29) is 5.82 Å². The van der Waals surface area contributed by atoms with Gasteiger partial charge in [0.25, 0.3) is 0 Å². The zero-order chi connectivity index (χ0) is 20.8. The van der Waals surface area contributed by atoms with Gasteiger partial charge in [-0.3, -0.25) is 0 Å². The Balaban J connectivity index is 1.32. The molecule has 1 fully saturated rings. The number of halogens is 1. The SMILES string of the molecule is NC(=NCc1cc(CCc2ccc(-c3ccccc3)c(F)c2)on1)N1CCNCC1. The first kappa shape index (κ1) is 20.1. The summed E-state index contributed by atoms with van der Waals surface area (Å²) in [5.41, 5.74) is 9.22. The third-order valence-corrected chi connectivity index (χ3v) is 5.23. The van der Waals surface area contributed by atoms with Crippen LogP contribution in [0.25, 0.3) is 11.1 Å². The second-order valence-corrected chi connectivity index (χ2v) is 7.38. The number of rotatable bonds is 6. The highest BCUT2D eigenvalue weighted by molar-refractivity contribution is 5.78. The predicted molar refractivity (Wildman–Crippen MR) is 116 cm³/mol. The first-order chi connectivity index (χ1) is 14.7. The molecule has 1 aliphatic rings. The molecule has 6 nitrogen and oxygen atoms in total. The minimum Gasteiger partial charge on any atom is -0.370 e. The van der Waals surface area contributed by atoms with Gasteiger partial charge in [-0.1, -0.05) is 47.6 Å². The summed E-state index contributed by atoms with van der Waals surface area (Å²) >= 11 is 0. The summed E-state index contributed by atoms with van der Waals surface area (Å²) in [6.45, 7) is 3.94. The van der Waals surface area contributed by atoms with Crippen molar-refractivity contribution in [2.75, 3.05) is 26.2 Å². The molecule has 156 valence electrons. The van der Waals surface area contributed by atoms with Crippen LogP contribution in [-0.4, -0.2) is 42.2 Å². The molecule has 1 saturated heterocycles. The fourth-order valence-corrected chi connectivity index (χ4v) is 3.54. The number of hydrogen-bond acceptors (Lipinski definition) is 4. The molecule has 0 spiro atoms. The lowest BCUT2D eigenvalue weighted by Crippen LogP contribution is -2.49. The van der Waals surface area contributed by atoms with Crippen LogP contribution < -0.4 is 11.1 Å². The topological polar surface area (TPSA) is 79.7 Å². The highest BCUT2D eigenvalue weighted by atomic mass is 19.1. The number of guanidine groups is 1. The summed E-state index contributed by atoms with van der Waals surface area (Å²) in [4.78, 5) is 6.48. The molecule has 0 saturated carbocycles. The average molecular weight is 407 g/mol. The molecule has 0 atom stereocenters. The van der Waals surface area contributed by atoms with E-state index in [1.807, 2.05) is 48.5 Å². The molecule has 0 unspecified atom stereocenters. The minimum atomic E-state index is -0.213. The Morgan fingerprint density at radius 3 is 2.67 bits per heavy atom. The normalized spacial score (nSPS) is 14.8. The Bertz CT molecular complexity index is 996. The molecule has 0 bridgehead atoms. The molecule has 4 rings (SSSR count). The zero-order valence-electron chi connectivity index (χ0n) is 16.9. The summed E-state index contributed by atoms with van der Waals surface area (Å²) < 4.78 is 19.9. The zero-order valence-corrected chi connectivity index (χ0v) is 16.9. The maximum atomic E-state index is 14.5. The number of hydrogen-bond donors (Lipinski definition) is 2. The molecule has 2 heterocycles. The molecule has 0 amide bonds. The molecular weight excluding hydrogens is 381 g/mol. The van der Waals surface area contributed by atoms with Gasteiger partial charge in [0, 0.05) is 44.2 Å². The van der Waals surface area contributed by atoms with E-state index in [1.165, 1.54) is 0 Å². The van der Waals surface area contributed by atoms with Gasteiger partial charge in [0.2, 0.25) is 0 Å². The van der Waals surface area contributed by atoms with E-state index in [9.17, 15) is 4.39 Å². The van der Waals surface area contributed by atoms with Crippen LogP contribution in [0.15, 0.2) is 64.1 Å². The van der Waals surface area contributed by atoms with E-state index in [0.29, 0.717) is 30.9 Å². The molecule has 7 heteroatoms. The van der Waals surface area contributed by atoms with Crippen molar-refractivity contribution in [2.24, 2.45) is 10.7 Å². The Hall–Kier alpha value is -3.19. The van der Waals surface area contributed by atoms with Crippen LogP contribution in [0, 0.1) is 5.82 Å². The predicted octanol–water partition coefficient (Wildman–Crippen LogP) is 2.99. The lowest BCUT2D eigenvalue weighted by Gasteiger charge is -2.28. The van der Waals surface area contributed by atoms with Crippen molar-refractivity contribution in [3.05, 3.63) is 77.4 Å². The summed E-state index contributed by atoms with van der Waals surface area (Å²) in [5, 5.41) is 7.36. The summed E-state index contributed by atoms with van der Waals surface area (Å²) in [6, 6.07) is 16.8. The number of benzene rings is 2. The van der Waals surface area contributed by atoms with Gasteiger partial charge >= 0.3 is 0 Å². The minimum absolute atomic E-state index is 0.213. The first-order valence-electron chi connectivity index (χ1n) is 10.2. The molecule has 2 aromatic carbocycles. The Morgan fingerprint density at radius 2 is 1.90 bits per heavy atom. The number of nitrogens with zero attached hydrogens (tertiary/aromatic N) is 3. The average Bonchev–Trinajstić information content (AvgIpc) is 3.25. The second-order valence-electron chi connectivity index (χ2n) is 7.38. The number of aryl methyl sites for hydroxylation is 2. The van der Waals surface area contributed by atoms with E-state index in [2.05, 4.69) is 20.4 Å². The number of aliphatic imine (C=N–C) groups is 1. The van der Waals surface area contributed by atoms with Crippen LogP contribution in [0.4, 0.5) is 4.39 Å². The third kappa shape index (κ3) is 5.04. The molecule has 1 aromatic heterocycles. The quantitative estimate of drug-likeness (QED) is 0.485. The van der Waals surface area contributed by atoms with Crippen LogP contribution in [0.5, 0.6) is 0 Å². The fourth-order valence-electron chi connectivity index (χ4n) is 3.54. The van der Waals surface area contributed by atoms with Gasteiger partial charge in [0.15, 0.2) is 5.96 Å². The summed E-state index contributed by atoms with van der Waals surface area (Å²) in [6.07, 6.45) is 1.32. The first-order valence-corrected chi connectivity index (χ1v) is 10.2. The van der Waals surface area contributed by atoms with Gasteiger partial charge in [-0.05, 0) is 23.6 Å². The van der Waals surface area contributed by atoms with Crippen molar-refractivity contribution in [1.82, 2.24) is 15.4 Å². The Morgan fingerprint density at radius 1 is 1.10 bits per heavy atom. The Labute approximate surface area is 175 Å². The molecule has 0 radical (unpaired) electrons. The van der Waals surface area contributed by atoms with Gasteiger partial charge in [-0.25, -0.2) is 9.38 Å². The van der Waals surface area contributed by atoms with E-state index in [4.69, 9.17) is 10.3 Å². The van der Waals surface area contributed by atoms with E-state index in [1.54, 1.807) is 6.07 Å².